The Morgan fingerprint density at radius 1 is 1.30 bits per heavy atom. The first-order chi connectivity index (χ1) is 9.22. The van der Waals surface area contributed by atoms with Crippen LogP contribution in [0.25, 0.3) is 0 Å². The van der Waals surface area contributed by atoms with Crippen LogP contribution in [0.15, 0.2) is 24.3 Å². The zero-order valence-electron chi connectivity index (χ0n) is 12.3. The number of aliphatic hydroxyl groups excluding tert-OH is 1. The molecular weight excluding hydrogens is 274 g/mol. The molecule has 2 rings (SSSR count). The summed E-state index contributed by atoms with van der Waals surface area (Å²) in [6.07, 6.45) is 0.203. The molecule has 4 nitrogen and oxygen atoms in total. The fourth-order valence-corrected chi connectivity index (χ4v) is 3.45. The molecule has 5 heteroatoms. The van der Waals surface area contributed by atoms with Crippen LogP contribution in [-0.4, -0.2) is 37.1 Å². The molecule has 0 spiro atoms. The number of anilines is 1. The molecule has 1 aliphatic heterocycles. The van der Waals surface area contributed by atoms with Crippen molar-refractivity contribution >= 4 is 15.5 Å². The molecule has 0 amide bonds. The number of nitrogens with zero attached hydrogens (tertiary/aromatic N) is 1. The summed E-state index contributed by atoms with van der Waals surface area (Å²) in [5.74, 6) is 0.140. The second-order valence-electron chi connectivity index (χ2n) is 6.28. The highest BCUT2D eigenvalue weighted by Gasteiger charge is 2.30. The molecule has 1 atom stereocenters. The average molecular weight is 297 g/mol. The molecule has 0 aromatic heterocycles. The monoisotopic (exact) mass is 297 g/mol. The first-order valence-corrected chi connectivity index (χ1v) is 8.62. The topological polar surface area (TPSA) is 57.6 Å². The van der Waals surface area contributed by atoms with Crippen molar-refractivity contribution in [2.45, 2.75) is 38.0 Å². The van der Waals surface area contributed by atoms with Gasteiger partial charge in [0.15, 0.2) is 9.84 Å². The number of para-hydroxylation sites is 1. The quantitative estimate of drug-likeness (QED) is 0.928. The molecule has 1 heterocycles. The third-order valence-electron chi connectivity index (χ3n) is 3.87. The van der Waals surface area contributed by atoms with Crippen molar-refractivity contribution in [3.63, 3.8) is 0 Å². The van der Waals surface area contributed by atoms with Gasteiger partial charge in [0, 0.05) is 24.3 Å². The Labute approximate surface area is 121 Å². The van der Waals surface area contributed by atoms with Crippen LogP contribution in [0, 0.1) is 0 Å². The number of sulfone groups is 1. The van der Waals surface area contributed by atoms with Crippen molar-refractivity contribution in [2.75, 3.05) is 23.7 Å². The van der Waals surface area contributed by atoms with E-state index < -0.39 is 20.7 Å². The highest BCUT2D eigenvalue weighted by molar-refractivity contribution is 7.92. The van der Waals surface area contributed by atoms with Crippen molar-refractivity contribution in [2.24, 2.45) is 0 Å². The normalized spacial score (nSPS) is 19.8. The van der Waals surface area contributed by atoms with Crippen LogP contribution >= 0.6 is 0 Å². The van der Waals surface area contributed by atoms with Crippen LogP contribution in [0.4, 0.5) is 5.69 Å². The first kappa shape index (κ1) is 15.3. The number of aliphatic hydroxyl groups is 1. The Bertz CT molecular complexity index is 575. The smallest absolute Gasteiger partial charge is 0.156 e. The molecule has 0 aliphatic carbocycles. The average Bonchev–Trinajstić information content (AvgIpc) is 2.37. The fraction of sp³-hybridized carbons (Fsp3) is 0.600. The second kappa shape index (κ2) is 5.37. The van der Waals surface area contributed by atoms with Gasteiger partial charge in [0.05, 0.1) is 16.6 Å². The van der Waals surface area contributed by atoms with Gasteiger partial charge in [-0.05, 0) is 33.3 Å². The van der Waals surface area contributed by atoms with Crippen LogP contribution in [0.2, 0.25) is 0 Å². The van der Waals surface area contributed by atoms with Crippen LogP contribution in [0.5, 0.6) is 0 Å². The lowest BCUT2D eigenvalue weighted by Crippen LogP contribution is -2.39. The van der Waals surface area contributed by atoms with Crippen LogP contribution in [0.3, 0.4) is 0 Å². The molecule has 0 saturated heterocycles. The van der Waals surface area contributed by atoms with E-state index in [1.54, 1.807) is 20.8 Å². The molecule has 0 fully saturated rings. The number of rotatable bonds is 3. The second-order valence-corrected chi connectivity index (χ2v) is 9.14. The summed E-state index contributed by atoms with van der Waals surface area (Å²) in [4.78, 5) is 2.06. The minimum atomic E-state index is -3.12. The Balaban J connectivity index is 2.15. The lowest BCUT2D eigenvalue weighted by atomic mass is 9.99. The highest BCUT2D eigenvalue weighted by atomic mass is 32.2. The van der Waals surface area contributed by atoms with Crippen molar-refractivity contribution in [3.8, 4) is 0 Å². The van der Waals surface area contributed by atoms with Gasteiger partial charge in [0.25, 0.3) is 0 Å². The Morgan fingerprint density at radius 2 is 1.95 bits per heavy atom. The van der Waals surface area contributed by atoms with E-state index in [2.05, 4.69) is 4.90 Å². The zero-order valence-corrected chi connectivity index (χ0v) is 13.2. The molecule has 0 bridgehead atoms. The van der Waals surface area contributed by atoms with Crippen molar-refractivity contribution < 1.29 is 13.5 Å². The molecule has 1 aliphatic rings. The van der Waals surface area contributed by atoms with Gasteiger partial charge < -0.3 is 10.0 Å². The maximum Gasteiger partial charge on any atom is 0.156 e. The van der Waals surface area contributed by atoms with E-state index in [0.29, 0.717) is 19.5 Å². The Morgan fingerprint density at radius 3 is 2.60 bits per heavy atom. The standard InChI is InChI=1S/C15H23NO3S/c1-15(2,3)20(18,19)11-10-16-9-8-14(17)12-6-4-5-7-13(12)16/h4-7,14,17H,8-11H2,1-3H3. The van der Waals surface area contributed by atoms with E-state index >= 15 is 0 Å². The fourth-order valence-electron chi connectivity index (χ4n) is 2.38. The van der Waals surface area contributed by atoms with Crippen molar-refractivity contribution in [1.29, 1.82) is 0 Å². The maximum atomic E-state index is 12.2. The molecule has 20 heavy (non-hydrogen) atoms. The van der Waals surface area contributed by atoms with E-state index in [0.717, 1.165) is 11.3 Å². The predicted molar refractivity (Wildman–Crippen MR) is 81.8 cm³/mol. The minimum Gasteiger partial charge on any atom is -0.388 e. The highest BCUT2D eigenvalue weighted by Crippen LogP contribution is 2.33. The molecule has 1 N–H and O–H groups in total. The SMILES string of the molecule is CC(C)(C)S(=O)(=O)CCN1CCC(O)c2ccccc21. The number of benzene rings is 1. The van der Waals surface area contributed by atoms with Crippen LogP contribution in [-0.2, 0) is 9.84 Å². The van der Waals surface area contributed by atoms with E-state index in [-0.39, 0.29) is 5.75 Å². The molecule has 0 saturated carbocycles. The lowest BCUT2D eigenvalue weighted by molar-refractivity contribution is 0.164. The van der Waals surface area contributed by atoms with Crippen LogP contribution < -0.4 is 4.90 Å². The van der Waals surface area contributed by atoms with Crippen molar-refractivity contribution in [1.82, 2.24) is 0 Å². The van der Waals surface area contributed by atoms with Gasteiger partial charge in [-0.15, -0.1) is 0 Å². The minimum absolute atomic E-state index is 0.140. The molecule has 112 valence electrons. The predicted octanol–water partition coefficient (Wildman–Crippen LogP) is 2.14. The van der Waals surface area contributed by atoms with E-state index in [9.17, 15) is 13.5 Å². The third-order valence-corrected chi connectivity index (χ3v) is 6.46. The summed E-state index contributed by atoms with van der Waals surface area (Å²) in [5, 5.41) is 9.99. The Hall–Kier alpha value is -1.07. The summed E-state index contributed by atoms with van der Waals surface area (Å²) in [5.41, 5.74) is 1.85. The summed E-state index contributed by atoms with van der Waals surface area (Å²) in [6.45, 7) is 6.36. The van der Waals surface area contributed by atoms with Gasteiger partial charge in [-0.3, -0.25) is 0 Å². The molecule has 1 aromatic rings. The number of hydrogen-bond donors (Lipinski definition) is 1. The van der Waals surface area contributed by atoms with Gasteiger partial charge in [0.1, 0.15) is 0 Å². The molecular formula is C15H23NO3S. The van der Waals surface area contributed by atoms with Gasteiger partial charge in [0.2, 0.25) is 0 Å². The summed E-state index contributed by atoms with van der Waals surface area (Å²) in [6, 6.07) is 7.67. The van der Waals surface area contributed by atoms with Crippen molar-refractivity contribution in [3.05, 3.63) is 29.8 Å². The van der Waals surface area contributed by atoms with Gasteiger partial charge in [-0.1, -0.05) is 18.2 Å². The summed E-state index contributed by atoms with van der Waals surface area (Å²) in [7, 11) is -3.12. The van der Waals surface area contributed by atoms with E-state index in [1.807, 2.05) is 24.3 Å². The van der Waals surface area contributed by atoms with E-state index in [1.165, 1.54) is 0 Å². The largest absolute Gasteiger partial charge is 0.388 e. The number of hydrogen-bond acceptors (Lipinski definition) is 4. The molecule has 1 unspecified atom stereocenters. The summed E-state index contributed by atoms with van der Waals surface area (Å²) >= 11 is 0. The summed E-state index contributed by atoms with van der Waals surface area (Å²) < 4.78 is 23.7. The van der Waals surface area contributed by atoms with Gasteiger partial charge in [-0.2, -0.15) is 0 Å². The van der Waals surface area contributed by atoms with Gasteiger partial charge in [-0.25, -0.2) is 8.42 Å². The lowest BCUT2D eigenvalue weighted by Gasteiger charge is -2.34. The Kier molecular flexibility index (Phi) is 4.12. The van der Waals surface area contributed by atoms with Gasteiger partial charge >= 0.3 is 0 Å². The van der Waals surface area contributed by atoms with E-state index in [4.69, 9.17) is 0 Å². The maximum absolute atomic E-state index is 12.2. The molecule has 0 radical (unpaired) electrons. The third kappa shape index (κ3) is 2.99. The van der Waals surface area contributed by atoms with Crippen LogP contribution in [0.1, 0.15) is 38.9 Å². The zero-order chi connectivity index (χ0) is 15.0. The number of fused-ring (bicyclic) bond motifs is 1. The first-order valence-electron chi connectivity index (χ1n) is 6.96. The molecule has 1 aromatic carbocycles.